The second-order valence-corrected chi connectivity index (χ2v) is 10.2. The lowest BCUT2D eigenvalue weighted by molar-refractivity contribution is -0.305. The van der Waals surface area contributed by atoms with Crippen molar-refractivity contribution in [3.05, 3.63) is 86.2 Å². The van der Waals surface area contributed by atoms with Crippen molar-refractivity contribution in [2.75, 3.05) is 0 Å². The molecule has 3 rings (SSSR count). The smallest absolute Gasteiger partial charge is 0.166 e. The van der Waals surface area contributed by atoms with Crippen molar-refractivity contribution in [3.63, 3.8) is 0 Å². The average molecular weight is 573 g/mol. The molecule has 0 amide bonds. The summed E-state index contributed by atoms with van der Waals surface area (Å²) in [6.07, 6.45) is 0.111. The second kappa shape index (κ2) is 11.1. The maximum absolute atomic E-state index is 9.26. The van der Waals surface area contributed by atoms with Gasteiger partial charge in [-0.25, -0.2) is 0 Å². The number of rotatable bonds is 4. The highest BCUT2D eigenvalue weighted by Gasteiger charge is 2.28. The Labute approximate surface area is 187 Å². The summed E-state index contributed by atoms with van der Waals surface area (Å²) in [6.45, 7) is 1.54. The normalized spacial score (nSPS) is 10.3. The monoisotopic (exact) mass is 570 g/mol. The van der Waals surface area contributed by atoms with E-state index in [1.54, 1.807) is 0 Å². The van der Waals surface area contributed by atoms with Crippen molar-refractivity contribution >= 4 is 64.7 Å². The van der Waals surface area contributed by atoms with Crippen molar-refractivity contribution in [3.8, 4) is 0 Å². The predicted octanol–water partition coefficient (Wildman–Crippen LogP) is 6.22. The molecule has 0 atom stereocenters. The zero-order valence-electron chi connectivity index (χ0n) is 14.5. The first-order chi connectivity index (χ1) is 12.9. The van der Waals surface area contributed by atoms with E-state index >= 15 is 0 Å². The van der Waals surface area contributed by atoms with E-state index in [0.717, 1.165) is 13.4 Å². The molecule has 0 aliphatic rings. The third-order valence-electron chi connectivity index (χ3n) is 3.44. The van der Waals surface area contributed by atoms with Crippen molar-refractivity contribution in [2.24, 2.45) is 0 Å². The SMILES string of the molecule is Brc1ccc([S+](c2ccc(Br)cc2)c2ccc(Br)cc2)cc1.CCC(=O)[O-]. The van der Waals surface area contributed by atoms with E-state index in [1.165, 1.54) is 21.6 Å². The van der Waals surface area contributed by atoms with Crippen LogP contribution in [0.5, 0.6) is 0 Å². The Kier molecular flexibility index (Phi) is 9.09. The second-order valence-electron chi connectivity index (χ2n) is 5.39. The van der Waals surface area contributed by atoms with Gasteiger partial charge in [-0.3, -0.25) is 0 Å². The largest absolute Gasteiger partial charge is 0.550 e. The number of aliphatic carboxylic acids is 1. The first kappa shape index (κ1) is 22.2. The fourth-order valence-electron chi connectivity index (χ4n) is 2.12. The number of carboxylic acid groups (broad SMARTS) is 1. The van der Waals surface area contributed by atoms with Crippen LogP contribution in [0.3, 0.4) is 0 Å². The molecule has 0 N–H and O–H groups in total. The zero-order chi connectivity index (χ0) is 19.8. The van der Waals surface area contributed by atoms with Gasteiger partial charge in [0.1, 0.15) is 0 Å². The Balaban J connectivity index is 0.000000465. The van der Waals surface area contributed by atoms with Crippen LogP contribution < -0.4 is 5.11 Å². The summed E-state index contributed by atoms with van der Waals surface area (Å²) in [7, 11) is -0.102. The topological polar surface area (TPSA) is 40.1 Å². The number of benzene rings is 3. The molecule has 27 heavy (non-hydrogen) atoms. The lowest BCUT2D eigenvalue weighted by Crippen LogP contribution is -2.19. The van der Waals surface area contributed by atoms with E-state index in [2.05, 4.69) is 121 Å². The van der Waals surface area contributed by atoms with Gasteiger partial charge in [-0.05, 0) is 79.2 Å². The molecule has 3 aromatic rings. The summed E-state index contributed by atoms with van der Waals surface area (Å²) < 4.78 is 3.31. The van der Waals surface area contributed by atoms with Crippen LogP contribution in [0.4, 0.5) is 0 Å². The maximum atomic E-state index is 9.26. The molecule has 0 spiro atoms. The molecular formula is C21H17Br3O2S. The van der Waals surface area contributed by atoms with E-state index in [9.17, 15) is 9.90 Å². The molecule has 0 fully saturated rings. The van der Waals surface area contributed by atoms with E-state index in [4.69, 9.17) is 0 Å². The van der Waals surface area contributed by atoms with Gasteiger partial charge < -0.3 is 9.90 Å². The molecule has 0 bridgehead atoms. The highest BCUT2D eigenvalue weighted by Crippen LogP contribution is 2.33. The van der Waals surface area contributed by atoms with Gasteiger partial charge in [0.25, 0.3) is 0 Å². The summed E-state index contributed by atoms with van der Waals surface area (Å²) >= 11 is 10.6. The van der Waals surface area contributed by atoms with E-state index in [1.807, 2.05) is 0 Å². The third-order valence-corrected chi connectivity index (χ3v) is 7.25. The molecule has 0 aromatic heterocycles. The first-order valence-electron chi connectivity index (χ1n) is 8.11. The minimum absolute atomic E-state index is 0.102. The molecule has 0 radical (unpaired) electrons. The van der Waals surface area contributed by atoms with E-state index in [-0.39, 0.29) is 17.3 Å². The summed E-state index contributed by atoms with van der Waals surface area (Å²) in [6, 6.07) is 25.8. The summed E-state index contributed by atoms with van der Waals surface area (Å²) in [4.78, 5) is 13.2. The highest BCUT2D eigenvalue weighted by atomic mass is 79.9. The first-order valence-corrected chi connectivity index (χ1v) is 11.7. The molecule has 0 aliphatic carbocycles. The van der Waals surface area contributed by atoms with Crippen molar-refractivity contribution in [1.29, 1.82) is 0 Å². The van der Waals surface area contributed by atoms with Crippen LogP contribution >= 0.6 is 47.8 Å². The molecule has 0 aliphatic heterocycles. The number of hydrogen-bond acceptors (Lipinski definition) is 2. The number of carbonyl (C=O) groups excluding carboxylic acids is 1. The fourth-order valence-corrected chi connectivity index (χ4v) is 4.95. The predicted molar refractivity (Wildman–Crippen MR) is 120 cm³/mol. The average Bonchev–Trinajstić information content (AvgIpc) is 2.67. The number of carboxylic acids is 1. The molecule has 0 saturated carbocycles. The Morgan fingerprint density at radius 1 is 0.704 bits per heavy atom. The van der Waals surface area contributed by atoms with Gasteiger partial charge >= 0.3 is 0 Å². The van der Waals surface area contributed by atoms with Crippen LogP contribution in [-0.2, 0) is 15.7 Å². The van der Waals surface area contributed by atoms with Crippen LogP contribution in [0.25, 0.3) is 0 Å². The van der Waals surface area contributed by atoms with Gasteiger partial charge in [-0.1, -0.05) is 54.7 Å². The highest BCUT2D eigenvalue weighted by molar-refractivity contribution is 9.11. The third kappa shape index (κ3) is 7.11. The van der Waals surface area contributed by atoms with Crippen LogP contribution in [0, 0.1) is 0 Å². The zero-order valence-corrected chi connectivity index (χ0v) is 20.1. The van der Waals surface area contributed by atoms with Crippen LogP contribution in [0.15, 0.2) is 101 Å². The lowest BCUT2D eigenvalue weighted by Gasteiger charge is -2.08. The number of halogens is 3. The summed E-state index contributed by atoms with van der Waals surface area (Å²) in [5, 5.41) is 9.26. The number of hydrogen-bond donors (Lipinski definition) is 0. The van der Waals surface area contributed by atoms with Crippen molar-refractivity contribution in [2.45, 2.75) is 28.0 Å². The van der Waals surface area contributed by atoms with Gasteiger partial charge in [-0.2, -0.15) is 0 Å². The maximum Gasteiger partial charge on any atom is 0.166 e. The van der Waals surface area contributed by atoms with E-state index in [0.29, 0.717) is 0 Å². The van der Waals surface area contributed by atoms with Crippen LogP contribution in [0.1, 0.15) is 13.3 Å². The lowest BCUT2D eigenvalue weighted by atomic mass is 10.4. The Morgan fingerprint density at radius 3 is 1.11 bits per heavy atom. The minimum Gasteiger partial charge on any atom is -0.550 e. The van der Waals surface area contributed by atoms with Gasteiger partial charge in [0.05, 0.1) is 10.9 Å². The molecule has 6 heteroatoms. The van der Waals surface area contributed by atoms with Gasteiger partial charge in [-0.15, -0.1) is 0 Å². The van der Waals surface area contributed by atoms with Crippen LogP contribution in [-0.4, -0.2) is 5.97 Å². The fraction of sp³-hybridized carbons (Fsp3) is 0.0952. The van der Waals surface area contributed by atoms with Crippen molar-refractivity contribution in [1.82, 2.24) is 0 Å². The molecule has 0 saturated heterocycles. The van der Waals surface area contributed by atoms with Crippen LogP contribution in [0.2, 0.25) is 0 Å². The summed E-state index contributed by atoms with van der Waals surface area (Å²) in [5.41, 5.74) is 0. The quantitative estimate of drug-likeness (QED) is 0.348. The van der Waals surface area contributed by atoms with Gasteiger partial charge in [0, 0.05) is 19.4 Å². The molecule has 2 nitrogen and oxygen atoms in total. The minimum atomic E-state index is -0.995. The summed E-state index contributed by atoms with van der Waals surface area (Å²) in [5.74, 6) is -0.995. The molecule has 0 heterocycles. The van der Waals surface area contributed by atoms with Gasteiger partial charge in [0.2, 0.25) is 0 Å². The molecule has 140 valence electrons. The van der Waals surface area contributed by atoms with Gasteiger partial charge in [0.15, 0.2) is 14.7 Å². The molecule has 0 unspecified atom stereocenters. The van der Waals surface area contributed by atoms with E-state index < -0.39 is 5.97 Å². The number of carbonyl (C=O) groups is 1. The standard InChI is InChI=1S/C18H12Br3S.C3H6O2/c19-13-1-7-16(8-2-13)22(17-9-3-14(20)4-10-17)18-11-5-15(21)6-12-18;1-2-3(4)5/h1-12H;2H2,1H3,(H,4,5)/q+1;/p-1. The Hall–Kier alpha value is -1.08. The van der Waals surface area contributed by atoms with Crippen molar-refractivity contribution < 1.29 is 9.90 Å². The Bertz CT molecular complexity index is 755. The Morgan fingerprint density at radius 2 is 0.926 bits per heavy atom. The molecular weight excluding hydrogens is 556 g/mol. The molecule has 3 aromatic carbocycles.